The second kappa shape index (κ2) is 5.80. The van der Waals surface area contributed by atoms with Crippen molar-refractivity contribution in [3.05, 3.63) is 40.4 Å². The van der Waals surface area contributed by atoms with E-state index in [9.17, 15) is 4.79 Å². The van der Waals surface area contributed by atoms with Crippen molar-refractivity contribution in [3.63, 3.8) is 0 Å². The summed E-state index contributed by atoms with van der Waals surface area (Å²) in [6.07, 6.45) is 3.23. The molecule has 1 fully saturated rings. The van der Waals surface area contributed by atoms with Gasteiger partial charge in [0.2, 0.25) is 0 Å². The quantitative estimate of drug-likeness (QED) is 0.782. The second-order valence-electron chi connectivity index (χ2n) is 6.28. The van der Waals surface area contributed by atoms with Gasteiger partial charge in [-0.1, -0.05) is 26.0 Å². The zero-order valence-electron chi connectivity index (χ0n) is 12.6. The Morgan fingerprint density at radius 2 is 2.00 bits per heavy atom. The highest BCUT2D eigenvalue weighted by Crippen LogP contribution is 2.36. The predicted molar refractivity (Wildman–Crippen MR) is 86.8 cm³/mol. The molecule has 1 aliphatic carbocycles. The molecule has 3 rings (SSSR count). The van der Waals surface area contributed by atoms with E-state index in [2.05, 4.69) is 18.8 Å². The van der Waals surface area contributed by atoms with Crippen molar-refractivity contribution in [1.82, 2.24) is 9.55 Å². The standard InChI is InChI=1S/C17H21ClN2O/c1-11-7-8-13(9-12(11)2)20-16(10-18)19-15-6-4-3-5-14(15)17(20)21/h3-6,11-13H,7-10H2,1-2H3. The normalized spacial score (nSPS) is 26.1. The van der Waals surface area contributed by atoms with Crippen molar-refractivity contribution < 1.29 is 0 Å². The van der Waals surface area contributed by atoms with E-state index in [1.54, 1.807) is 0 Å². The highest BCUT2D eigenvalue weighted by atomic mass is 35.5. The molecule has 1 heterocycles. The number of halogens is 1. The number of nitrogens with zero attached hydrogens (tertiary/aromatic N) is 2. The van der Waals surface area contributed by atoms with Crippen LogP contribution in [0.1, 0.15) is 45.0 Å². The first kappa shape index (κ1) is 14.6. The molecule has 3 atom stereocenters. The van der Waals surface area contributed by atoms with Crippen molar-refractivity contribution in [1.29, 1.82) is 0 Å². The molecule has 0 saturated heterocycles. The Hall–Kier alpha value is -1.35. The topological polar surface area (TPSA) is 34.9 Å². The zero-order valence-corrected chi connectivity index (χ0v) is 13.3. The molecule has 3 nitrogen and oxygen atoms in total. The lowest BCUT2D eigenvalue weighted by Crippen LogP contribution is -2.33. The first-order chi connectivity index (χ1) is 10.1. The summed E-state index contributed by atoms with van der Waals surface area (Å²) in [5, 5.41) is 0.692. The van der Waals surface area contributed by atoms with Crippen LogP contribution in [-0.4, -0.2) is 9.55 Å². The highest BCUT2D eigenvalue weighted by molar-refractivity contribution is 6.16. The molecular formula is C17H21ClN2O. The fraction of sp³-hybridized carbons (Fsp3) is 0.529. The number of fused-ring (bicyclic) bond motifs is 1. The summed E-state index contributed by atoms with van der Waals surface area (Å²) < 4.78 is 1.86. The maximum absolute atomic E-state index is 12.9. The fourth-order valence-electron chi connectivity index (χ4n) is 3.42. The molecule has 4 heteroatoms. The lowest BCUT2D eigenvalue weighted by molar-refractivity contribution is 0.205. The van der Waals surface area contributed by atoms with Crippen LogP contribution in [0.5, 0.6) is 0 Å². The van der Waals surface area contributed by atoms with Gasteiger partial charge in [0.1, 0.15) is 5.82 Å². The molecule has 2 aromatic rings. The third-order valence-electron chi connectivity index (χ3n) is 4.94. The van der Waals surface area contributed by atoms with Crippen LogP contribution in [0.25, 0.3) is 10.9 Å². The number of para-hydroxylation sites is 1. The zero-order chi connectivity index (χ0) is 15.0. The van der Waals surface area contributed by atoms with Gasteiger partial charge in [-0.25, -0.2) is 4.98 Å². The number of alkyl halides is 1. The van der Waals surface area contributed by atoms with Crippen LogP contribution in [0.3, 0.4) is 0 Å². The molecule has 3 unspecified atom stereocenters. The van der Waals surface area contributed by atoms with Crippen LogP contribution in [-0.2, 0) is 5.88 Å². The maximum atomic E-state index is 12.9. The monoisotopic (exact) mass is 304 g/mol. The van der Waals surface area contributed by atoms with E-state index in [0.717, 1.165) is 30.7 Å². The summed E-state index contributed by atoms with van der Waals surface area (Å²) in [4.78, 5) is 17.5. The van der Waals surface area contributed by atoms with Crippen molar-refractivity contribution in [2.45, 2.75) is 45.0 Å². The first-order valence-electron chi connectivity index (χ1n) is 7.68. The molecule has 0 aliphatic heterocycles. The summed E-state index contributed by atoms with van der Waals surface area (Å²) in [6, 6.07) is 7.76. The Morgan fingerprint density at radius 3 is 2.71 bits per heavy atom. The largest absolute Gasteiger partial charge is 0.292 e. The smallest absolute Gasteiger partial charge is 0.261 e. The Balaban J connectivity index is 2.13. The van der Waals surface area contributed by atoms with E-state index >= 15 is 0 Å². The average Bonchev–Trinajstić information content (AvgIpc) is 2.50. The molecule has 0 amide bonds. The summed E-state index contributed by atoms with van der Waals surface area (Å²) in [5.74, 6) is 2.34. The highest BCUT2D eigenvalue weighted by Gasteiger charge is 2.28. The number of hydrogen-bond donors (Lipinski definition) is 0. The lowest BCUT2D eigenvalue weighted by atomic mass is 9.79. The summed E-state index contributed by atoms with van der Waals surface area (Å²) in [5.41, 5.74) is 0.801. The van der Waals surface area contributed by atoms with E-state index in [1.165, 1.54) is 0 Å². The predicted octanol–water partition coefficient (Wildman–Crippen LogP) is 4.13. The van der Waals surface area contributed by atoms with Crippen molar-refractivity contribution in [2.75, 3.05) is 0 Å². The molecule has 1 aromatic carbocycles. The van der Waals surface area contributed by atoms with E-state index in [-0.39, 0.29) is 17.5 Å². The summed E-state index contributed by atoms with van der Waals surface area (Å²) in [6.45, 7) is 4.57. The Morgan fingerprint density at radius 1 is 1.24 bits per heavy atom. The van der Waals surface area contributed by atoms with E-state index in [1.807, 2.05) is 28.8 Å². The van der Waals surface area contributed by atoms with Gasteiger partial charge in [-0.3, -0.25) is 9.36 Å². The first-order valence-corrected chi connectivity index (χ1v) is 8.21. The molecule has 0 bridgehead atoms. The minimum atomic E-state index is 0.0583. The van der Waals surface area contributed by atoms with Crippen LogP contribution in [0.4, 0.5) is 0 Å². The summed E-state index contributed by atoms with van der Waals surface area (Å²) in [7, 11) is 0. The van der Waals surface area contributed by atoms with Gasteiger partial charge >= 0.3 is 0 Å². The van der Waals surface area contributed by atoms with Crippen molar-refractivity contribution in [3.8, 4) is 0 Å². The lowest BCUT2D eigenvalue weighted by Gasteiger charge is -2.34. The fourth-order valence-corrected chi connectivity index (χ4v) is 3.60. The number of hydrogen-bond acceptors (Lipinski definition) is 2. The molecule has 1 aromatic heterocycles. The molecule has 1 aliphatic rings. The third-order valence-corrected chi connectivity index (χ3v) is 5.18. The number of aromatic nitrogens is 2. The van der Waals surface area contributed by atoms with Crippen LogP contribution < -0.4 is 5.56 Å². The summed E-state index contributed by atoms with van der Waals surface area (Å²) >= 11 is 6.07. The van der Waals surface area contributed by atoms with Crippen molar-refractivity contribution >= 4 is 22.5 Å². The Labute approximate surface area is 130 Å². The SMILES string of the molecule is CC1CCC(n2c(CCl)nc3ccccc3c2=O)CC1C. The van der Waals surface area contributed by atoms with Crippen molar-refractivity contribution in [2.24, 2.45) is 11.8 Å². The van der Waals surface area contributed by atoms with Crippen LogP contribution in [0, 0.1) is 11.8 Å². The average molecular weight is 305 g/mol. The maximum Gasteiger partial charge on any atom is 0.261 e. The molecule has 21 heavy (non-hydrogen) atoms. The van der Waals surface area contributed by atoms with Gasteiger partial charge in [0.15, 0.2) is 0 Å². The number of benzene rings is 1. The van der Waals surface area contributed by atoms with E-state index in [0.29, 0.717) is 17.1 Å². The van der Waals surface area contributed by atoms with Gasteiger partial charge in [0.25, 0.3) is 5.56 Å². The van der Waals surface area contributed by atoms with Crippen LogP contribution >= 0.6 is 11.6 Å². The van der Waals surface area contributed by atoms with Gasteiger partial charge in [0, 0.05) is 6.04 Å². The number of rotatable bonds is 2. The second-order valence-corrected chi connectivity index (χ2v) is 6.54. The molecule has 0 spiro atoms. The minimum Gasteiger partial charge on any atom is -0.292 e. The van der Waals surface area contributed by atoms with Gasteiger partial charge in [0.05, 0.1) is 16.8 Å². The van der Waals surface area contributed by atoms with Crippen LogP contribution in [0.15, 0.2) is 29.1 Å². The van der Waals surface area contributed by atoms with Gasteiger partial charge < -0.3 is 0 Å². The van der Waals surface area contributed by atoms with Gasteiger partial charge in [-0.05, 0) is 43.2 Å². The van der Waals surface area contributed by atoms with Gasteiger partial charge in [-0.15, -0.1) is 11.6 Å². The third kappa shape index (κ3) is 2.59. The Kier molecular flexibility index (Phi) is 4.03. The van der Waals surface area contributed by atoms with E-state index in [4.69, 9.17) is 11.6 Å². The minimum absolute atomic E-state index is 0.0583. The Bertz CT molecular complexity index is 709. The molecule has 0 N–H and O–H groups in total. The molecule has 112 valence electrons. The van der Waals surface area contributed by atoms with Crippen LogP contribution in [0.2, 0.25) is 0 Å². The van der Waals surface area contributed by atoms with E-state index < -0.39 is 0 Å². The molecule has 1 saturated carbocycles. The van der Waals surface area contributed by atoms with Gasteiger partial charge in [-0.2, -0.15) is 0 Å². The molecule has 0 radical (unpaired) electrons. The molecular weight excluding hydrogens is 284 g/mol.